The molecule has 0 radical (unpaired) electrons. The van der Waals surface area contributed by atoms with Crippen LogP contribution >= 0.6 is 11.3 Å². The van der Waals surface area contributed by atoms with Gasteiger partial charge in [0.2, 0.25) is 0 Å². The van der Waals surface area contributed by atoms with Crippen LogP contribution < -0.4 is 5.32 Å². The zero-order valence-electron chi connectivity index (χ0n) is 11.5. The molecule has 0 amide bonds. The van der Waals surface area contributed by atoms with Gasteiger partial charge in [-0.1, -0.05) is 24.3 Å². The minimum atomic E-state index is -0.432. The summed E-state index contributed by atoms with van der Waals surface area (Å²) in [6.45, 7) is 0.407. The zero-order valence-corrected chi connectivity index (χ0v) is 12.3. The highest BCUT2D eigenvalue weighted by Crippen LogP contribution is 2.35. The van der Waals surface area contributed by atoms with Crippen molar-refractivity contribution in [1.82, 2.24) is 4.98 Å². The van der Waals surface area contributed by atoms with Crippen LogP contribution in [0.25, 0.3) is 10.2 Å². The molecule has 0 unspecified atom stereocenters. The van der Waals surface area contributed by atoms with E-state index in [4.69, 9.17) is 5.11 Å². The molecule has 0 atom stereocenters. The molecule has 0 aliphatic rings. The van der Waals surface area contributed by atoms with Crippen molar-refractivity contribution in [2.45, 2.75) is 13.2 Å². The summed E-state index contributed by atoms with van der Waals surface area (Å²) in [5, 5.41) is 25.4. The molecule has 0 aliphatic heterocycles. The number of aliphatic hydroxyl groups excluding tert-OH is 1. The zero-order chi connectivity index (χ0) is 15.5. The third kappa shape index (κ3) is 2.76. The van der Waals surface area contributed by atoms with E-state index in [-0.39, 0.29) is 12.3 Å². The topological polar surface area (TPSA) is 88.3 Å². The highest BCUT2D eigenvalue weighted by atomic mass is 32.1. The first-order valence-electron chi connectivity index (χ1n) is 6.62. The van der Waals surface area contributed by atoms with Crippen molar-refractivity contribution in [3.05, 3.63) is 63.1 Å². The van der Waals surface area contributed by atoms with Crippen molar-refractivity contribution in [2.24, 2.45) is 0 Å². The number of nitrogens with one attached hydrogen (secondary N) is 1. The second-order valence-electron chi connectivity index (χ2n) is 4.74. The molecule has 3 aromatic rings. The molecule has 2 N–H and O–H groups in total. The van der Waals surface area contributed by atoms with E-state index in [1.807, 2.05) is 35.7 Å². The smallest absolute Gasteiger partial charge is 0.311 e. The van der Waals surface area contributed by atoms with E-state index in [1.54, 1.807) is 0 Å². The number of pyridine rings is 1. The van der Waals surface area contributed by atoms with E-state index >= 15 is 0 Å². The summed E-state index contributed by atoms with van der Waals surface area (Å²) in [7, 11) is 0. The van der Waals surface area contributed by atoms with Crippen LogP contribution in [0.5, 0.6) is 0 Å². The first-order valence-corrected chi connectivity index (χ1v) is 7.50. The molecule has 112 valence electrons. The monoisotopic (exact) mass is 315 g/mol. The third-order valence-corrected chi connectivity index (χ3v) is 4.21. The van der Waals surface area contributed by atoms with Crippen LogP contribution in [-0.4, -0.2) is 15.0 Å². The number of hydrogen-bond donors (Lipinski definition) is 2. The molecule has 22 heavy (non-hydrogen) atoms. The van der Waals surface area contributed by atoms with Gasteiger partial charge in [0.25, 0.3) is 0 Å². The van der Waals surface area contributed by atoms with Crippen LogP contribution in [0.2, 0.25) is 0 Å². The van der Waals surface area contributed by atoms with Crippen LogP contribution in [0, 0.1) is 10.1 Å². The van der Waals surface area contributed by atoms with Gasteiger partial charge in [-0.25, -0.2) is 4.98 Å². The van der Waals surface area contributed by atoms with Crippen LogP contribution in [0.15, 0.2) is 41.9 Å². The summed E-state index contributed by atoms with van der Waals surface area (Å²) >= 11 is 1.42. The number of fused-ring (bicyclic) bond motifs is 1. The van der Waals surface area contributed by atoms with Gasteiger partial charge < -0.3 is 10.4 Å². The number of nitro groups is 1. The van der Waals surface area contributed by atoms with Crippen molar-refractivity contribution < 1.29 is 10.0 Å². The molecular formula is C15H13N3O3S. The van der Waals surface area contributed by atoms with Crippen LogP contribution in [-0.2, 0) is 13.2 Å². The normalized spacial score (nSPS) is 10.8. The molecule has 0 aliphatic carbocycles. The average molecular weight is 315 g/mol. The van der Waals surface area contributed by atoms with Gasteiger partial charge >= 0.3 is 5.69 Å². The fourth-order valence-electron chi connectivity index (χ4n) is 2.24. The quantitative estimate of drug-likeness (QED) is 0.557. The van der Waals surface area contributed by atoms with E-state index in [2.05, 4.69) is 10.3 Å². The molecular weight excluding hydrogens is 302 g/mol. The Labute approximate surface area is 130 Å². The third-order valence-electron chi connectivity index (χ3n) is 3.29. The van der Waals surface area contributed by atoms with Crippen LogP contribution in [0.1, 0.15) is 11.1 Å². The Balaban J connectivity index is 1.93. The molecule has 0 saturated carbocycles. The lowest BCUT2D eigenvalue weighted by Gasteiger charge is -2.09. The maximum Gasteiger partial charge on any atom is 0.311 e. The standard InChI is InChI=1S/C15H13N3O3S/c19-9-11-3-1-2-10(6-11)7-17-14-13(18(20)21)8-16-12-4-5-22-15(12)14/h1-6,8,19H,7,9H2,(H,16,17). The fourth-order valence-corrected chi connectivity index (χ4v) is 3.11. The van der Waals surface area contributed by atoms with Gasteiger partial charge in [-0.05, 0) is 22.6 Å². The van der Waals surface area contributed by atoms with Gasteiger partial charge in [0.1, 0.15) is 11.9 Å². The molecule has 7 heteroatoms. The maximum absolute atomic E-state index is 11.2. The van der Waals surface area contributed by atoms with Crippen molar-refractivity contribution in [3.63, 3.8) is 0 Å². The van der Waals surface area contributed by atoms with E-state index in [1.165, 1.54) is 17.5 Å². The van der Waals surface area contributed by atoms with Gasteiger partial charge in [0, 0.05) is 6.54 Å². The van der Waals surface area contributed by atoms with Crippen molar-refractivity contribution >= 4 is 32.9 Å². The Kier molecular flexibility index (Phi) is 3.99. The molecule has 1 aromatic carbocycles. The van der Waals surface area contributed by atoms with Crippen molar-refractivity contribution in [3.8, 4) is 0 Å². The number of aromatic nitrogens is 1. The minimum absolute atomic E-state index is 0.0294. The molecule has 6 nitrogen and oxygen atoms in total. The van der Waals surface area contributed by atoms with Gasteiger partial charge in [-0.3, -0.25) is 10.1 Å². The van der Waals surface area contributed by atoms with Crippen molar-refractivity contribution in [2.75, 3.05) is 5.32 Å². The lowest BCUT2D eigenvalue weighted by Crippen LogP contribution is -2.04. The predicted octanol–water partition coefficient (Wildman–Crippen LogP) is 3.31. The summed E-state index contributed by atoms with van der Waals surface area (Å²) < 4.78 is 0.771. The van der Waals surface area contributed by atoms with Crippen molar-refractivity contribution in [1.29, 1.82) is 0 Å². The fraction of sp³-hybridized carbons (Fsp3) is 0.133. The molecule has 0 saturated heterocycles. The van der Waals surface area contributed by atoms with E-state index in [9.17, 15) is 10.1 Å². The van der Waals surface area contributed by atoms with Gasteiger partial charge in [-0.2, -0.15) is 0 Å². The number of nitrogens with zero attached hydrogens (tertiary/aromatic N) is 2. The number of rotatable bonds is 5. The lowest BCUT2D eigenvalue weighted by molar-refractivity contribution is -0.384. The highest BCUT2D eigenvalue weighted by Gasteiger charge is 2.18. The summed E-state index contributed by atoms with van der Waals surface area (Å²) in [4.78, 5) is 14.9. The first kappa shape index (κ1) is 14.4. The SMILES string of the molecule is O=[N+]([O-])c1cnc2ccsc2c1NCc1cccc(CO)c1. The Hall–Kier alpha value is -2.51. The largest absolute Gasteiger partial charge is 0.392 e. The van der Waals surface area contributed by atoms with Gasteiger partial charge in [0.15, 0.2) is 0 Å². The van der Waals surface area contributed by atoms with Crippen LogP contribution in [0.3, 0.4) is 0 Å². The summed E-state index contributed by atoms with van der Waals surface area (Å²) in [6.07, 6.45) is 1.28. The molecule has 0 bridgehead atoms. The second-order valence-corrected chi connectivity index (χ2v) is 5.66. The summed E-state index contributed by atoms with van der Waals surface area (Å²) in [6, 6.07) is 9.29. The number of aliphatic hydroxyl groups is 1. The number of hydrogen-bond acceptors (Lipinski definition) is 6. The summed E-state index contributed by atoms with van der Waals surface area (Å²) in [5.41, 5.74) is 2.95. The first-order chi connectivity index (χ1) is 10.7. The maximum atomic E-state index is 11.2. The molecule has 0 fully saturated rings. The Morgan fingerprint density at radius 3 is 2.91 bits per heavy atom. The van der Waals surface area contributed by atoms with E-state index in [0.717, 1.165) is 21.3 Å². The Morgan fingerprint density at radius 2 is 2.14 bits per heavy atom. The number of anilines is 1. The van der Waals surface area contributed by atoms with E-state index in [0.29, 0.717) is 12.2 Å². The summed E-state index contributed by atoms with van der Waals surface area (Å²) in [5.74, 6) is 0. The minimum Gasteiger partial charge on any atom is -0.392 e. The molecule has 0 spiro atoms. The predicted molar refractivity (Wildman–Crippen MR) is 86.0 cm³/mol. The van der Waals surface area contributed by atoms with Crippen LogP contribution in [0.4, 0.5) is 11.4 Å². The molecule has 2 heterocycles. The Bertz CT molecular complexity index is 832. The molecule has 2 aromatic heterocycles. The highest BCUT2D eigenvalue weighted by molar-refractivity contribution is 7.17. The Morgan fingerprint density at radius 1 is 1.32 bits per heavy atom. The second kappa shape index (κ2) is 6.08. The average Bonchev–Trinajstić information content (AvgIpc) is 3.01. The lowest BCUT2D eigenvalue weighted by atomic mass is 10.1. The van der Waals surface area contributed by atoms with Gasteiger partial charge in [0.05, 0.1) is 21.7 Å². The van der Waals surface area contributed by atoms with E-state index < -0.39 is 4.92 Å². The number of benzene rings is 1. The molecule has 3 rings (SSSR count). The number of thiophene rings is 1. The van der Waals surface area contributed by atoms with Gasteiger partial charge in [-0.15, -0.1) is 11.3 Å².